The zero-order chi connectivity index (χ0) is 10.7. The molecule has 0 fully saturated rings. The van der Waals surface area contributed by atoms with Gasteiger partial charge in [-0.2, -0.15) is 0 Å². The van der Waals surface area contributed by atoms with Gasteiger partial charge >= 0.3 is 0 Å². The Bertz CT molecular complexity index is 443. The molecule has 0 spiro atoms. The van der Waals surface area contributed by atoms with Crippen molar-refractivity contribution in [3.63, 3.8) is 0 Å². The number of nitrogens with zero attached hydrogens (tertiary/aromatic N) is 1. The van der Waals surface area contributed by atoms with Crippen molar-refractivity contribution in [3.8, 4) is 0 Å². The van der Waals surface area contributed by atoms with Crippen molar-refractivity contribution in [2.24, 2.45) is 0 Å². The fourth-order valence-corrected chi connectivity index (χ4v) is 3.08. The average molecular weight is 257 g/mol. The zero-order valence-electron chi connectivity index (χ0n) is 7.81. The van der Waals surface area contributed by atoms with Crippen LogP contribution < -0.4 is 5.73 Å². The van der Waals surface area contributed by atoms with Crippen LogP contribution in [0.1, 0.15) is 5.69 Å². The lowest BCUT2D eigenvalue weighted by Crippen LogP contribution is -1.94. The molecule has 0 saturated heterocycles. The Hall–Kier alpha value is -0.710. The van der Waals surface area contributed by atoms with E-state index in [2.05, 4.69) is 16.4 Å². The maximum Gasteiger partial charge on any atom is 0.123 e. The van der Waals surface area contributed by atoms with Crippen LogP contribution in [0.4, 0.5) is 5.82 Å². The smallest absolute Gasteiger partial charge is 0.123 e. The van der Waals surface area contributed by atoms with Gasteiger partial charge in [-0.05, 0) is 23.6 Å². The van der Waals surface area contributed by atoms with Crippen LogP contribution in [0.25, 0.3) is 0 Å². The van der Waals surface area contributed by atoms with E-state index < -0.39 is 0 Å². The topological polar surface area (TPSA) is 38.9 Å². The van der Waals surface area contributed by atoms with Crippen molar-refractivity contribution >= 4 is 40.5 Å². The predicted octanol–water partition coefficient (Wildman–Crippen LogP) is 3.67. The molecule has 0 aliphatic rings. The molecule has 2 aromatic rings. The molecule has 15 heavy (non-hydrogen) atoms. The quantitative estimate of drug-likeness (QED) is 0.852. The van der Waals surface area contributed by atoms with Crippen molar-refractivity contribution in [2.75, 3.05) is 5.73 Å². The van der Waals surface area contributed by atoms with Crippen molar-refractivity contribution in [3.05, 3.63) is 40.4 Å². The number of aromatic nitrogens is 1. The second-order valence-electron chi connectivity index (χ2n) is 2.89. The van der Waals surface area contributed by atoms with E-state index in [1.54, 1.807) is 35.2 Å². The number of nitrogen functional groups attached to an aromatic ring is 1. The van der Waals surface area contributed by atoms with Gasteiger partial charge in [0.15, 0.2) is 0 Å². The maximum atomic E-state index is 6.01. The molecule has 0 amide bonds. The van der Waals surface area contributed by atoms with Gasteiger partial charge in [0, 0.05) is 5.75 Å². The van der Waals surface area contributed by atoms with E-state index in [0.717, 1.165) is 11.4 Å². The molecule has 2 heterocycles. The lowest BCUT2D eigenvalue weighted by molar-refractivity contribution is 1.18. The van der Waals surface area contributed by atoms with E-state index in [-0.39, 0.29) is 0 Å². The van der Waals surface area contributed by atoms with Crippen molar-refractivity contribution in [1.29, 1.82) is 0 Å². The van der Waals surface area contributed by atoms with Crippen molar-refractivity contribution < 1.29 is 0 Å². The first-order valence-corrected chi connectivity index (χ1v) is 6.57. The Balaban J connectivity index is 2.07. The first kappa shape index (κ1) is 10.8. The molecular weight excluding hydrogens is 248 g/mol. The first-order chi connectivity index (χ1) is 7.25. The molecule has 2 aromatic heterocycles. The van der Waals surface area contributed by atoms with E-state index in [4.69, 9.17) is 17.3 Å². The Labute approximate surface area is 101 Å². The van der Waals surface area contributed by atoms with Crippen molar-refractivity contribution in [1.82, 2.24) is 4.98 Å². The first-order valence-electron chi connectivity index (χ1n) is 4.33. The molecule has 0 radical (unpaired) electrons. The summed E-state index contributed by atoms with van der Waals surface area (Å²) in [6.07, 6.45) is 0. The van der Waals surface area contributed by atoms with Gasteiger partial charge in [-0.25, -0.2) is 4.98 Å². The highest BCUT2D eigenvalue weighted by molar-refractivity contribution is 8.00. The highest BCUT2D eigenvalue weighted by atomic mass is 35.5. The third-order valence-electron chi connectivity index (χ3n) is 1.79. The summed E-state index contributed by atoms with van der Waals surface area (Å²) >= 11 is 9.44. The van der Waals surface area contributed by atoms with Gasteiger partial charge < -0.3 is 5.73 Å². The highest BCUT2D eigenvalue weighted by Gasteiger charge is 2.04. The lowest BCUT2D eigenvalue weighted by Gasteiger charge is -2.02. The number of rotatable bonds is 3. The summed E-state index contributed by atoms with van der Waals surface area (Å²) < 4.78 is 1.26. The van der Waals surface area contributed by atoms with Crippen LogP contribution in [0.3, 0.4) is 0 Å². The van der Waals surface area contributed by atoms with Crippen LogP contribution in [0.2, 0.25) is 5.02 Å². The van der Waals surface area contributed by atoms with E-state index in [1.807, 2.05) is 6.07 Å². The maximum absolute atomic E-state index is 6.01. The standard InChI is InChI=1S/C10H9ClN2S2/c11-7-3-4-9(12)13-8(7)6-15-10-2-1-5-14-10/h1-5H,6H2,(H2,12,13). The minimum absolute atomic E-state index is 0.515. The lowest BCUT2D eigenvalue weighted by atomic mass is 10.4. The summed E-state index contributed by atoms with van der Waals surface area (Å²) in [7, 11) is 0. The third-order valence-corrected chi connectivity index (χ3v) is 4.27. The van der Waals surface area contributed by atoms with E-state index in [0.29, 0.717) is 10.8 Å². The number of thioether (sulfide) groups is 1. The minimum atomic E-state index is 0.515. The SMILES string of the molecule is Nc1ccc(Cl)c(CSc2cccs2)n1. The molecule has 0 aromatic carbocycles. The van der Waals surface area contributed by atoms with Crippen LogP contribution >= 0.6 is 34.7 Å². The third kappa shape index (κ3) is 2.87. The minimum Gasteiger partial charge on any atom is -0.384 e. The van der Waals surface area contributed by atoms with Crippen LogP contribution in [-0.2, 0) is 5.75 Å². The summed E-state index contributed by atoms with van der Waals surface area (Å²) in [5.41, 5.74) is 6.44. The van der Waals surface area contributed by atoms with Crippen molar-refractivity contribution in [2.45, 2.75) is 9.96 Å². The molecule has 2 N–H and O–H groups in total. The molecule has 5 heteroatoms. The molecule has 0 aliphatic carbocycles. The van der Waals surface area contributed by atoms with Gasteiger partial charge in [0.25, 0.3) is 0 Å². The van der Waals surface area contributed by atoms with E-state index in [1.165, 1.54) is 4.21 Å². The number of thiophene rings is 1. The number of hydrogen-bond donors (Lipinski definition) is 1. The molecule has 2 rings (SSSR count). The number of anilines is 1. The molecule has 0 bridgehead atoms. The highest BCUT2D eigenvalue weighted by Crippen LogP contribution is 2.29. The van der Waals surface area contributed by atoms with E-state index in [9.17, 15) is 0 Å². The van der Waals surface area contributed by atoms with Crippen LogP contribution in [0.15, 0.2) is 33.9 Å². The van der Waals surface area contributed by atoms with Gasteiger partial charge in [0.1, 0.15) is 5.82 Å². The molecule has 0 unspecified atom stereocenters. The normalized spacial score (nSPS) is 10.5. The molecule has 78 valence electrons. The number of nitrogens with two attached hydrogens (primary N) is 1. The second-order valence-corrected chi connectivity index (χ2v) is 5.52. The van der Waals surface area contributed by atoms with Crippen LogP contribution in [-0.4, -0.2) is 4.98 Å². The summed E-state index contributed by atoms with van der Waals surface area (Å²) in [5, 5.41) is 2.73. The molecule has 0 atom stereocenters. The second kappa shape index (κ2) is 4.88. The van der Waals surface area contributed by atoms with Gasteiger partial charge in [-0.3, -0.25) is 0 Å². The predicted molar refractivity (Wildman–Crippen MR) is 67.5 cm³/mol. The number of pyridine rings is 1. The summed E-state index contributed by atoms with van der Waals surface area (Å²) in [4.78, 5) is 4.20. The molecular formula is C10H9ClN2S2. The van der Waals surface area contributed by atoms with Crippen LogP contribution in [0.5, 0.6) is 0 Å². The monoisotopic (exact) mass is 256 g/mol. The Morgan fingerprint density at radius 3 is 3.00 bits per heavy atom. The van der Waals surface area contributed by atoms with Gasteiger partial charge in [-0.15, -0.1) is 23.1 Å². The Morgan fingerprint density at radius 1 is 1.40 bits per heavy atom. The fourth-order valence-electron chi connectivity index (χ4n) is 1.09. The Kier molecular flexibility index (Phi) is 3.51. The summed E-state index contributed by atoms with van der Waals surface area (Å²) in [5.74, 6) is 1.27. The van der Waals surface area contributed by atoms with E-state index >= 15 is 0 Å². The van der Waals surface area contributed by atoms with Gasteiger partial charge in [0.2, 0.25) is 0 Å². The Morgan fingerprint density at radius 2 is 2.27 bits per heavy atom. The largest absolute Gasteiger partial charge is 0.384 e. The fraction of sp³-hybridized carbons (Fsp3) is 0.100. The van der Waals surface area contributed by atoms with Crippen LogP contribution in [0, 0.1) is 0 Å². The van der Waals surface area contributed by atoms with Gasteiger partial charge in [-0.1, -0.05) is 17.7 Å². The molecule has 0 saturated carbocycles. The van der Waals surface area contributed by atoms with Gasteiger partial charge in [0.05, 0.1) is 14.9 Å². The molecule has 0 aliphatic heterocycles. The zero-order valence-corrected chi connectivity index (χ0v) is 10.2. The summed E-state index contributed by atoms with van der Waals surface area (Å²) in [6.45, 7) is 0. The average Bonchev–Trinajstić information content (AvgIpc) is 2.72. The number of hydrogen-bond acceptors (Lipinski definition) is 4. The number of halogens is 1. The summed E-state index contributed by atoms with van der Waals surface area (Å²) in [6, 6.07) is 7.60. The molecule has 2 nitrogen and oxygen atoms in total.